The normalized spacial score (nSPS) is 11.8. The molecule has 0 saturated heterocycles. The zero-order valence-corrected chi connectivity index (χ0v) is 11.7. The molecule has 2 aromatic carbocycles. The van der Waals surface area contributed by atoms with Gasteiger partial charge in [0.25, 0.3) is 5.91 Å². The average Bonchev–Trinajstić information content (AvgIpc) is 2.45. The van der Waals surface area contributed by atoms with E-state index in [1.54, 1.807) is 12.1 Å². The zero-order chi connectivity index (χ0) is 15.2. The van der Waals surface area contributed by atoms with Crippen LogP contribution in [0.2, 0.25) is 0 Å². The monoisotopic (exact) mass is 288 g/mol. The first-order chi connectivity index (χ1) is 10.1. The summed E-state index contributed by atoms with van der Waals surface area (Å²) in [5.41, 5.74) is 7.06. The molecular formula is C16H17FN2O2. The Kier molecular flexibility index (Phi) is 4.90. The average molecular weight is 288 g/mol. The third-order valence-corrected chi connectivity index (χ3v) is 2.88. The van der Waals surface area contributed by atoms with Crippen LogP contribution in [0.3, 0.4) is 0 Å². The number of rotatable bonds is 5. The number of benzene rings is 2. The second-order valence-corrected chi connectivity index (χ2v) is 4.67. The van der Waals surface area contributed by atoms with E-state index in [0.717, 1.165) is 5.56 Å². The maximum Gasteiger partial charge on any atom is 0.262 e. The third kappa shape index (κ3) is 4.29. The van der Waals surface area contributed by atoms with Gasteiger partial charge in [0.2, 0.25) is 0 Å². The highest BCUT2D eigenvalue weighted by molar-refractivity contribution is 5.91. The lowest BCUT2D eigenvalue weighted by Crippen LogP contribution is -2.21. The van der Waals surface area contributed by atoms with Gasteiger partial charge in [0, 0.05) is 17.3 Å². The Morgan fingerprint density at radius 2 is 2.05 bits per heavy atom. The molecule has 0 radical (unpaired) electrons. The molecule has 0 saturated carbocycles. The molecule has 0 heterocycles. The number of carbonyl (C=O) groups excluding carboxylic acids is 1. The van der Waals surface area contributed by atoms with Gasteiger partial charge < -0.3 is 15.8 Å². The van der Waals surface area contributed by atoms with Gasteiger partial charge >= 0.3 is 0 Å². The number of carbonyl (C=O) groups is 1. The van der Waals surface area contributed by atoms with Crippen molar-refractivity contribution in [2.24, 2.45) is 5.73 Å². The second-order valence-electron chi connectivity index (χ2n) is 4.67. The standard InChI is InChI=1S/C16H17FN2O2/c1-11(18)14-7-2-3-8-15(14)21-10-16(20)19-13-6-4-5-12(17)9-13/h2-9,11H,10,18H2,1H3,(H,19,20). The van der Waals surface area contributed by atoms with Crippen LogP contribution in [0.4, 0.5) is 10.1 Å². The first-order valence-electron chi connectivity index (χ1n) is 6.59. The van der Waals surface area contributed by atoms with Crippen molar-refractivity contribution in [3.8, 4) is 5.75 Å². The van der Waals surface area contributed by atoms with Crippen molar-refractivity contribution < 1.29 is 13.9 Å². The maximum absolute atomic E-state index is 13.0. The van der Waals surface area contributed by atoms with Gasteiger partial charge in [-0.2, -0.15) is 0 Å². The van der Waals surface area contributed by atoms with Crippen molar-refractivity contribution in [1.29, 1.82) is 0 Å². The Morgan fingerprint density at radius 3 is 2.76 bits per heavy atom. The van der Waals surface area contributed by atoms with Crippen molar-refractivity contribution in [2.75, 3.05) is 11.9 Å². The molecule has 1 amide bonds. The van der Waals surface area contributed by atoms with Crippen molar-refractivity contribution in [3.05, 3.63) is 59.9 Å². The Bertz CT molecular complexity index is 629. The van der Waals surface area contributed by atoms with Crippen molar-refractivity contribution in [1.82, 2.24) is 0 Å². The van der Waals surface area contributed by atoms with Gasteiger partial charge in [-0.3, -0.25) is 4.79 Å². The molecule has 0 aliphatic carbocycles. The fraction of sp³-hybridized carbons (Fsp3) is 0.188. The molecule has 21 heavy (non-hydrogen) atoms. The number of para-hydroxylation sites is 1. The summed E-state index contributed by atoms with van der Waals surface area (Å²) in [5.74, 6) is -0.196. The highest BCUT2D eigenvalue weighted by Gasteiger charge is 2.09. The summed E-state index contributed by atoms with van der Waals surface area (Å²) in [4.78, 5) is 11.8. The molecule has 4 nitrogen and oxygen atoms in total. The minimum atomic E-state index is -0.406. The van der Waals surface area contributed by atoms with Crippen molar-refractivity contribution in [2.45, 2.75) is 13.0 Å². The zero-order valence-electron chi connectivity index (χ0n) is 11.7. The summed E-state index contributed by atoms with van der Waals surface area (Å²) in [5, 5.41) is 2.57. The second kappa shape index (κ2) is 6.85. The van der Waals surface area contributed by atoms with Crippen LogP contribution in [0.25, 0.3) is 0 Å². The SMILES string of the molecule is CC(N)c1ccccc1OCC(=O)Nc1cccc(F)c1. The Labute approximate surface area is 122 Å². The number of amides is 1. The molecule has 1 atom stereocenters. The molecule has 5 heteroatoms. The smallest absolute Gasteiger partial charge is 0.262 e. The summed E-state index contributed by atoms with van der Waals surface area (Å²) in [6.45, 7) is 1.68. The summed E-state index contributed by atoms with van der Waals surface area (Å²) in [6.07, 6.45) is 0. The number of hydrogen-bond acceptors (Lipinski definition) is 3. The topological polar surface area (TPSA) is 64.3 Å². The van der Waals surface area contributed by atoms with Crippen LogP contribution in [-0.4, -0.2) is 12.5 Å². The molecular weight excluding hydrogens is 271 g/mol. The van der Waals surface area contributed by atoms with Gasteiger partial charge in [-0.05, 0) is 31.2 Å². The molecule has 2 rings (SSSR count). The van der Waals surface area contributed by atoms with Gasteiger partial charge in [-0.25, -0.2) is 4.39 Å². The summed E-state index contributed by atoms with van der Waals surface area (Å²) < 4.78 is 18.5. The van der Waals surface area contributed by atoms with Crippen molar-refractivity contribution >= 4 is 11.6 Å². The first-order valence-corrected chi connectivity index (χ1v) is 6.59. The van der Waals surface area contributed by atoms with E-state index < -0.39 is 5.82 Å². The molecule has 0 aliphatic rings. The largest absolute Gasteiger partial charge is 0.483 e. The fourth-order valence-electron chi connectivity index (χ4n) is 1.89. The van der Waals surface area contributed by atoms with Crippen LogP contribution in [0.15, 0.2) is 48.5 Å². The predicted molar refractivity (Wildman–Crippen MR) is 79.6 cm³/mol. The van der Waals surface area contributed by atoms with E-state index in [0.29, 0.717) is 11.4 Å². The highest BCUT2D eigenvalue weighted by atomic mass is 19.1. The van der Waals surface area contributed by atoms with Crippen LogP contribution in [0, 0.1) is 5.82 Å². The van der Waals surface area contributed by atoms with E-state index in [2.05, 4.69) is 5.32 Å². The van der Waals surface area contributed by atoms with Crippen LogP contribution < -0.4 is 15.8 Å². The first kappa shape index (κ1) is 15.0. The number of anilines is 1. The Balaban J connectivity index is 1.95. The Morgan fingerprint density at radius 1 is 1.29 bits per heavy atom. The summed E-state index contributed by atoms with van der Waals surface area (Å²) in [7, 11) is 0. The minimum absolute atomic E-state index is 0.166. The minimum Gasteiger partial charge on any atom is -0.483 e. The van der Waals surface area contributed by atoms with E-state index in [9.17, 15) is 9.18 Å². The molecule has 0 aromatic heterocycles. The lowest BCUT2D eigenvalue weighted by molar-refractivity contribution is -0.118. The van der Waals surface area contributed by atoms with Crippen LogP contribution >= 0.6 is 0 Å². The molecule has 2 aromatic rings. The number of hydrogen-bond donors (Lipinski definition) is 2. The van der Waals surface area contributed by atoms with E-state index in [-0.39, 0.29) is 18.6 Å². The van der Waals surface area contributed by atoms with Gasteiger partial charge in [-0.15, -0.1) is 0 Å². The molecule has 0 fully saturated rings. The number of nitrogens with two attached hydrogens (primary N) is 1. The van der Waals surface area contributed by atoms with Gasteiger partial charge in [0.1, 0.15) is 11.6 Å². The van der Waals surface area contributed by atoms with E-state index in [4.69, 9.17) is 10.5 Å². The number of halogens is 1. The molecule has 110 valence electrons. The van der Waals surface area contributed by atoms with E-state index in [1.165, 1.54) is 18.2 Å². The Hall–Kier alpha value is -2.40. The van der Waals surface area contributed by atoms with Gasteiger partial charge in [-0.1, -0.05) is 24.3 Å². The lowest BCUT2D eigenvalue weighted by Gasteiger charge is -2.13. The number of nitrogens with one attached hydrogen (secondary N) is 1. The van der Waals surface area contributed by atoms with Gasteiger partial charge in [0.05, 0.1) is 0 Å². The molecule has 3 N–H and O–H groups in total. The molecule has 0 spiro atoms. The fourth-order valence-corrected chi connectivity index (χ4v) is 1.89. The lowest BCUT2D eigenvalue weighted by atomic mass is 10.1. The van der Waals surface area contributed by atoms with Crippen LogP contribution in [0.1, 0.15) is 18.5 Å². The number of ether oxygens (including phenoxy) is 1. The van der Waals surface area contributed by atoms with Gasteiger partial charge in [0.15, 0.2) is 6.61 Å². The third-order valence-electron chi connectivity index (χ3n) is 2.88. The quantitative estimate of drug-likeness (QED) is 0.889. The van der Waals surface area contributed by atoms with Crippen LogP contribution in [-0.2, 0) is 4.79 Å². The summed E-state index contributed by atoms with van der Waals surface area (Å²) in [6, 6.07) is 12.8. The van der Waals surface area contributed by atoms with Crippen LogP contribution in [0.5, 0.6) is 5.75 Å². The predicted octanol–water partition coefficient (Wildman–Crippen LogP) is 2.86. The van der Waals surface area contributed by atoms with Crippen molar-refractivity contribution in [3.63, 3.8) is 0 Å². The highest BCUT2D eigenvalue weighted by Crippen LogP contribution is 2.23. The maximum atomic E-state index is 13.0. The molecule has 0 aliphatic heterocycles. The summed E-state index contributed by atoms with van der Waals surface area (Å²) >= 11 is 0. The molecule has 1 unspecified atom stereocenters. The molecule has 0 bridgehead atoms. The van der Waals surface area contributed by atoms with E-state index >= 15 is 0 Å². The van der Waals surface area contributed by atoms with E-state index in [1.807, 2.05) is 25.1 Å².